The van der Waals surface area contributed by atoms with Gasteiger partial charge in [-0.15, -0.1) is 11.3 Å². The number of carbonyl (C=O) groups is 1. The summed E-state index contributed by atoms with van der Waals surface area (Å²) in [7, 11) is 3.34. The summed E-state index contributed by atoms with van der Waals surface area (Å²) in [5, 5.41) is 12.9. The minimum atomic E-state index is -0.730. The second-order valence-electron chi connectivity index (χ2n) is 5.57. The molecule has 0 radical (unpaired) electrons. The van der Waals surface area contributed by atoms with Crippen molar-refractivity contribution in [3.05, 3.63) is 67.6 Å². The lowest BCUT2D eigenvalue weighted by molar-refractivity contribution is -0.384. The molecule has 0 bridgehead atoms. The van der Waals surface area contributed by atoms with Gasteiger partial charge in [0.1, 0.15) is 12.3 Å². The zero-order valence-electron chi connectivity index (χ0n) is 13.9. The summed E-state index contributed by atoms with van der Waals surface area (Å²) < 4.78 is 6.54. The van der Waals surface area contributed by atoms with Crippen molar-refractivity contribution in [2.45, 2.75) is 6.61 Å². The van der Waals surface area contributed by atoms with Gasteiger partial charge in [-0.2, -0.15) is 0 Å². The first-order chi connectivity index (χ1) is 12.4. The molecule has 3 rings (SSSR count). The molecular formula is C16H14N4O5S. The van der Waals surface area contributed by atoms with Crippen LogP contribution in [0.4, 0.5) is 11.4 Å². The fraction of sp³-hybridized carbons (Fsp3) is 0.188. The standard InChI is InChI=1S/C16H14N4O5S/c1-18(2)12-4-3-10(7-13(12)20(23)24)15(22)25-9-11-8-14(21)19-5-6-26-16(19)17-11/h3-8H,9H2,1-2H3. The Kier molecular flexibility index (Phi) is 4.67. The number of thiazole rings is 1. The maximum Gasteiger partial charge on any atom is 0.338 e. The van der Waals surface area contributed by atoms with E-state index in [1.165, 1.54) is 40.0 Å². The van der Waals surface area contributed by atoms with E-state index in [2.05, 4.69) is 4.98 Å². The number of hydrogen-bond acceptors (Lipinski definition) is 8. The Bertz CT molecular complexity index is 1060. The second-order valence-corrected chi connectivity index (χ2v) is 6.45. The fourth-order valence-electron chi connectivity index (χ4n) is 2.36. The summed E-state index contributed by atoms with van der Waals surface area (Å²) in [6, 6.07) is 5.39. The van der Waals surface area contributed by atoms with Gasteiger partial charge in [0.2, 0.25) is 0 Å². The van der Waals surface area contributed by atoms with E-state index in [-0.39, 0.29) is 23.4 Å². The van der Waals surface area contributed by atoms with Crippen molar-refractivity contribution in [1.29, 1.82) is 0 Å². The normalized spacial score (nSPS) is 10.7. The minimum Gasteiger partial charge on any atom is -0.456 e. The first kappa shape index (κ1) is 17.5. The van der Waals surface area contributed by atoms with Crippen LogP contribution in [0.15, 0.2) is 40.6 Å². The topological polar surface area (TPSA) is 107 Å². The van der Waals surface area contributed by atoms with Gasteiger partial charge in [0.25, 0.3) is 11.2 Å². The molecule has 1 aromatic carbocycles. The summed E-state index contributed by atoms with van der Waals surface area (Å²) in [4.78, 5) is 41.1. The van der Waals surface area contributed by atoms with E-state index in [0.717, 1.165) is 0 Å². The monoisotopic (exact) mass is 374 g/mol. The summed E-state index contributed by atoms with van der Waals surface area (Å²) in [6.07, 6.45) is 1.61. The number of nitro groups is 1. The molecule has 2 heterocycles. The van der Waals surface area contributed by atoms with Gasteiger partial charge < -0.3 is 9.64 Å². The van der Waals surface area contributed by atoms with Crippen LogP contribution in [0, 0.1) is 10.1 Å². The lowest BCUT2D eigenvalue weighted by Gasteiger charge is -2.13. The van der Waals surface area contributed by atoms with E-state index in [4.69, 9.17) is 4.74 Å². The van der Waals surface area contributed by atoms with Crippen LogP contribution in [-0.2, 0) is 11.3 Å². The lowest BCUT2D eigenvalue weighted by Crippen LogP contribution is -2.15. The summed E-state index contributed by atoms with van der Waals surface area (Å²) in [6.45, 7) is -0.203. The van der Waals surface area contributed by atoms with Crippen LogP contribution < -0.4 is 10.5 Å². The minimum absolute atomic E-state index is 0.0521. The van der Waals surface area contributed by atoms with Gasteiger partial charge in [0.05, 0.1) is 16.2 Å². The molecule has 0 unspecified atom stereocenters. The molecule has 2 aromatic heterocycles. The summed E-state index contributed by atoms with van der Waals surface area (Å²) in [5.41, 5.74) is 0.278. The largest absolute Gasteiger partial charge is 0.456 e. The van der Waals surface area contributed by atoms with Crippen molar-refractivity contribution >= 4 is 33.6 Å². The molecule has 0 fully saturated rings. The molecule has 0 saturated carbocycles. The number of ether oxygens (including phenoxy) is 1. The van der Waals surface area contributed by atoms with Gasteiger partial charge in [0.15, 0.2) is 4.96 Å². The van der Waals surface area contributed by atoms with Crippen LogP contribution >= 0.6 is 11.3 Å². The van der Waals surface area contributed by atoms with Crippen LogP contribution in [-0.4, -0.2) is 34.4 Å². The number of esters is 1. The van der Waals surface area contributed by atoms with Crippen molar-refractivity contribution in [2.24, 2.45) is 0 Å². The van der Waals surface area contributed by atoms with Gasteiger partial charge in [0, 0.05) is 37.8 Å². The van der Waals surface area contributed by atoms with E-state index < -0.39 is 10.9 Å². The van der Waals surface area contributed by atoms with Crippen LogP contribution in [0.2, 0.25) is 0 Å². The molecule has 3 aromatic rings. The highest BCUT2D eigenvalue weighted by Crippen LogP contribution is 2.28. The molecule has 0 N–H and O–H groups in total. The maximum absolute atomic E-state index is 12.2. The molecular weight excluding hydrogens is 360 g/mol. The molecule has 0 spiro atoms. The SMILES string of the molecule is CN(C)c1ccc(C(=O)OCc2cc(=O)n3ccsc3n2)cc1[N+](=O)[O-]. The zero-order valence-corrected chi connectivity index (χ0v) is 14.7. The fourth-order valence-corrected chi connectivity index (χ4v) is 3.10. The van der Waals surface area contributed by atoms with Gasteiger partial charge in [-0.3, -0.25) is 19.3 Å². The smallest absolute Gasteiger partial charge is 0.338 e. The highest BCUT2D eigenvalue weighted by molar-refractivity contribution is 7.15. The zero-order chi connectivity index (χ0) is 18.8. The Morgan fingerprint density at radius 3 is 2.85 bits per heavy atom. The van der Waals surface area contributed by atoms with E-state index >= 15 is 0 Å². The average molecular weight is 374 g/mol. The van der Waals surface area contributed by atoms with Crippen molar-refractivity contribution < 1.29 is 14.5 Å². The number of hydrogen-bond donors (Lipinski definition) is 0. The van der Waals surface area contributed by atoms with Crippen LogP contribution in [0.3, 0.4) is 0 Å². The highest BCUT2D eigenvalue weighted by atomic mass is 32.1. The molecule has 0 aliphatic carbocycles. The highest BCUT2D eigenvalue weighted by Gasteiger charge is 2.19. The van der Waals surface area contributed by atoms with E-state index in [1.807, 2.05) is 0 Å². The number of rotatable bonds is 5. The third-order valence-corrected chi connectivity index (χ3v) is 4.35. The van der Waals surface area contributed by atoms with E-state index in [1.54, 1.807) is 30.6 Å². The molecule has 0 aliphatic heterocycles. The maximum atomic E-state index is 12.2. The Labute approximate surface area is 151 Å². The molecule has 134 valence electrons. The molecule has 0 amide bonds. The lowest BCUT2D eigenvalue weighted by atomic mass is 10.1. The predicted molar refractivity (Wildman–Crippen MR) is 95.9 cm³/mol. The van der Waals surface area contributed by atoms with Crippen LogP contribution in [0.1, 0.15) is 16.1 Å². The first-order valence-electron chi connectivity index (χ1n) is 7.45. The van der Waals surface area contributed by atoms with E-state index in [9.17, 15) is 19.7 Å². The summed E-state index contributed by atoms with van der Waals surface area (Å²) in [5.74, 6) is -0.730. The molecule has 0 aliphatic rings. The predicted octanol–water partition coefficient (Wildman–Crippen LogP) is 2.09. The van der Waals surface area contributed by atoms with Crippen LogP contribution in [0.25, 0.3) is 4.96 Å². The Morgan fingerprint density at radius 1 is 1.38 bits per heavy atom. The molecule has 9 nitrogen and oxygen atoms in total. The number of nitrogens with zero attached hydrogens (tertiary/aromatic N) is 4. The van der Waals surface area contributed by atoms with Gasteiger partial charge in [-0.1, -0.05) is 0 Å². The number of fused-ring (bicyclic) bond motifs is 1. The molecule has 26 heavy (non-hydrogen) atoms. The molecule has 0 atom stereocenters. The van der Waals surface area contributed by atoms with E-state index in [0.29, 0.717) is 16.3 Å². The number of anilines is 1. The number of benzene rings is 1. The van der Waals surface area contributed by atoms with Crippen molar-refractivity contribution in [3.63, 3.8) is 0 Å². The van der Waals surface area contributed by atoms with Gasteiger partial charge in [-0.25, -0.2) is 9.78 Å². The van der Waals surface area contributed by atoms with Crippen molar-refractivity contribution in [3.8, 4) is 0 Å². The van der Waals surface area contributed by atoms with Crippen LogP contribution in [0.5, 0.6) is 0 Å². The van der Waals surface area contributed by atoms with Gasteiger partial charge in [-0.05, 0) is 12.1 Å². The van der Waals surface area contributed by atoms with Gasteiger partial charge >= 0.3 is 5.97 Å². The summed E-state index contributed by atoms with van der Waals surface area (Å²) >= 11 is 1.29. The average Bonchev–Trinajstić information content (AvgIpc) is 3.08. The molecule has 10 heteroatoms. The Hall–Kier alpha value is -3.27. The number of aromatic nitrogens is 2. The third kappa shape index (κ3) is 3.40. The Morgan fingerprint density at radius 2 is 2.15 bits per heavy atom. The molecule has 0 saturated heterocycles. The first-order valence-corrected chi connectivity index (χ1v) is 8.33. The third-order valence-electron chi connectivity index (χ3n) is 3.60. The second kappa shape index (κ2) is 6.92. The Balaban J connectivity index is 1.80. The number of carbonyl (C=O) groups excluding carboxylic acids is 1. The quantitative estimate of drug-likeness (QED) is 0.382. The number of nitro benzene ring substituents is 1. The van der Waals surface area contributed by atoms with Crippen molar-refractivity contribution in [2.75, 3.05) is 19.0 Å². The van der Waals surface area contributed by atoms with Crippen molar-refractivity contribution in [1.82, 2.24) is 9.38 Å².